The van der Waals surface area contributed by atoms with Crippen molar-refractivity contribution in [2.24, 2.45) is 5.16 Å². The van der Waals surface area contributed by atoms with Crippen molar-refractivity contribution in [3.63, 3.8) is 0 Å². The molecule has 4 rings (SSSR count). The van der Waals surface area contributed by atoms with E-state index >= 15 is 0 Å². The first kappa shape index (κ1) is 25.8. The number of benzene rings is 2. The normalized spacial score (nSPS) is 18.0. The molecular weight excluding hydrogens is 460 g/mol. The van der Waals surface area contributed by atoms with E-state index in [2.05, 4.69) is 40.1 Å². The van der Waals surface area contributed by atoms with Crippen LogP contribution in [0.3, 0.4) is 0 Å². The van der Waals surface area contributed by atoms with E-state index in [0.717, 1.165) is 67.6 Å². The van der Waals surface area contributed by atoms with Gasteiger partial charge in [0.05, 0.1) is 5.71 Å². The first-order valence-electron chi connectivity index (χ1n) is 12.7. The van der Waals surface area contributed by atoms with Gasteiger partial charge in [-0.05, 0) is 68.8 Å². The van der Waals surface area contributed by atoms with Gasteiger partial charge in [0.15, 0.2) is 0 Å². The number of oxime groups is 1. The number of carboxylic acid groups (broad SMARTS) is 1. The van der Waals surface area contributed by atoms with Crippen LogP contribution in [-0.2, 0) is 17.7 Å². The number of piperidine rings is 1. The van der Waals surface area contributed by atoms with Crippen molar-refractivity contribution in [3.8, 4) is 5.75 Å². The molecule has 0 aromatic heterocycles. The fourth-order valence-electron chi connectivity index (χ4n) is 4.75. The van der Waals surface area contributed by atoms with Gasteiger partial charge < -0.3 is 35.7 Å². The molecule has 194 valence electrons. The first-order valence-corrected chi connectivity index (χ1v) is 12.7. The molecule has 1 aliphatic carbocycles. The van der Waals surface area contributed by atoms with Gasteiger partial charge in [0.2, 0.25) is 0 Å². The summed E-state index contributed by atoms with van der Waals surface area (Å²) in [6.07, 6.45) is 3.51. The van der Waals surface area contributed by atoms with Gasteiger partial charge in [-0.1, -0.05) is 29.4 Å². The summed E-state index contributed by atoms with van der Waals surface area (Å²) < 4.78 is 0. The van der Waals surface area contributed by atoms with Crippen molar-refractivity contribution in [2.45, 2.75) is 50.7 Å². The quantitative estimate of drug-likeness (QED) is 0.253. The molecule has 1 heterocycles. The minimum atomic E-state index is -0.840. The molecule has 0 radical (unpaired) electrons. The Bertz CT molecular complexity index is 1030. The zero-order chi connectivity index (χ0) is 25.3. The molecule has 0 unspecified atom stereocenters. The largest absolute Gasteiger partial charge is 0.508 e. The molecule has 1 amide bonds. The van der Waals surface area contributed by atoms with Crippen molar-refractivity contribution in [3.05, 3.63) is 59.2 Å². The highest BCUT2D eigenvalue weighted by Gasteiger charge is 2.22. The topological polar surface area (TPSA) is 127 Å². The zero-order valence-corrected chi connectivity index (χ0v) is 20.5. The van der Waals surface area contributed by atoms with E-state index in [9.17, 15) is 15.0 Å². The van der Waals surface area contributed by atoms with Gasteiger partial charge in [-0.3, -0.25) is 0 Å². The summed E-state index contributed by atoms with van der Waals surface area (Å²) in [5, 5.41) is 40.3. The SMILES string of the molecule is O=C(O)N1CCC(Nc2ccc(CCNC[C@H](O)CON=C3CCCc4c(O)cccc43)cc2)CC1. The fraction of sp³-hybridized carbons (Fsp3) is 0.481. The summed E-state index contributed by atoms with van der Waals surface area (Å²) >= 11 is 0. The van der Waals surface area contributed by atoms with Crippen molar-refractivity contribution in [1.29, 1.82) is 0 Å². The van der Waals surface area contributed by atoms with Crippen molar-refractivity contribution in [1.82, 2.24) is 10.2 Å². The number of hydrogen-bond acceptors (Lipinski definition) is 7. The lowest BCUT2D eigenvalue weighted by molar-refractivity contribution is 0.0402. The Morgan fingerprint density at radius 3 is 2.67 bits per heavy atom. The average Bonchev–Trinajstić information content (AvgIpc) is 2.88. The fourth-order valence-corrected chi connectivity index (χ4v) is 4.75. The third-order valence-corrected chi connectivity index (χ3v) is 6.80. The number of hydrogen-bond donors (Lipinski definition) is 5. The molecule has 2 aliphatic rings. The number of amides is 1. The number of aliphatic hydroxyl groups is 1. The number of likely N-dealkylation sites (tertiary alicyclic amines) is 1. The minimum Gasteiger partial charge on any atom is -0.508 e. The Labute approximate surface area is 211 Å². The van der Waals surface area contributed by atoms with Gasteiger partial charge in [-0.25, -0.2) is 4.79 Å². The summed E-state index contributed by atoms with van der Waals surface area (Å²) in [6, 6.07) is 14.0. The lowest BCUT2D eigenvalue weighted by atomic mass is 9.89. The van der Waals surface area contributed by atoms with Gasteiger partial charge in [-0.2, -0.15) is 0 Å². The zero-order valence-electron chi connectivity index (χ0n) is 20.5. The number of aliphatic hydroxyl groups excluding tert-OH is 1. The Kier molecular flexibility index (Phi) is 9.02. The maximum Gasteiger partial charge on any atom is 0.407 e. The minimum absolute atomic E-state index is 0.108. The standard InChI is InChI=1S/C27H36N4O5/c32-22(18-36-30-25-5-1-4-24-23(25)3-2-6-26(24)33)17-28-14-11-19-7-9-20(10-8-19)29-21-12-15-31(16-13-21)27(34)35/h2-3,6-10,21-22,28-29,32-33H,1,4-5,11-18H2,(H,34,35)/t22-/m0/s1. The summed E-state index contributed by atoms with van der Waals surface area (Å²) in [7, 11) is 0. The Balaban J connectivity index is 1.12. The van der Waals surface area contributed by atoms with Gasteiger partial charge in [0.25, 0.3) is 0 Å². The van der Waals surface area contributed by atoms with E-state index in [-0.39, 0.29) is 6.61 Å². The molecule has 0 saturated carbocycles. The van der Waals surface area contributed by atoms with Crippen LogP contribution < -0.4 is 10.6 Å². The van der Waals surface area contributed by atoms with Gasteiger partial charge in [0, 0.05) is 42.5 Å². The van der Waals surface area contributed by atoms with E-state index in [1.807, 2.05) is 12.1 Å². The average molecular weight is 497 g/mol. The summed E-state index contributed by atoms with van der Waals surface area (Å²) in [4.78, 5) is 17.9. The van der Waals surface area contributed by atoms with Crippen molar-refractivity contribution >= 4 is 17.5 Å². The van der Waals surface area contributed by atoms with E-state index in [0.29, 0.717) is 31.4 Å². The van der Waals surface area contributed by atoms with Crippen LogP contribution in [0.5, 0.6) is 5.75 Å². The molecule has 5 N–H and O–H groups in total. The second-order valence-electron chi connectivity index (χ2n) is 9.48. The number of fused-ring (bicyclic) bond motifs is 1. The van der Waals surface area contributed by atoms with Gasteiger partial charge in [-0.15, -0.1) is 0 Å². The summed E-state index contributed by atoms with van der Waals surface area (Å²) in [5.41, 5.74) is 4.91. The number of aromatic hydroxyl groups is 1. The maximum absolute atomic E-state index is 11.0. The maximum atomic E-state index is 11.0. The molecule has 9 heteroatoms. The molecule has 0 spiro atoms. The number of carbonyl (C=O) groups is 1. The monoisotopic (exact) mass is 496 g/mol. The Morgan fingerprint density at radius 2 is 1.92 bits per heavy atom. The number of anilines is 1. The summed E-state index contributed by atoms with van der Waals surface area (Å²) in [5.74, 6) is 0.299. The number of rotatable bonds is 10. The highest BCUT2D eigenvalue weighted by Crippen LogP contribution is 2.29. The lowest BCUT2D eigenvalue weighted by Crippen LogP contribution is -2.41. The van der Waals surface area contributed by atoms with Crippen LogP contribution in [0.15, 0.2) is 47.6 Å². The van der Waals surface area contributed by atoms with E-state index in [4.69, 9.17) is 9.94 Å². The predicted octanol–water partition coefficient (Wildman–Crippen LogP) is 3.20. The Hall–Kier alpha value is -3.30. The van der Waals surface area contributed by atoms with Crippen LogP contribution in [-0.4, -0.2) is 77.0 Å². The Morgan fingerprint density at radius 1 is 1.14 bits per heavy atom. The van der Waals surface area contributed by atoms with Crippen LogP contribution in [0.25, 0.3) is 0 Å². The number of phenolic OH excluding ortho intramolecular Hbond substituents is 1. The van der Waals surface area contributed by atoms with Gasteiger partial charge in [0.1, 0.15) is 18.5 Å². The van der Waals surface area contributed by atoms with Crippen LogP contribution in [0.1, 0.15) is 42.4 Å². The predicted molar refractivity (Wildman–Crippen MR) is 139 cm³/mol. The van der Waals surface area contributed by atoms with Crippen molar-refractivity contribution < 1.29 is 25.0 Å². The molecule has 0 bridgehead atoms. The van der Waals surface area contributed by atoms with E-state index < -0.39 is 12.2 Å². The first-order chi connectivity index (χ1) is 17.5. The molecule has 1 saturated heterocycles. The number of phenols is 1. The second-order valence-corrected chi connectivity index (χ2v) is 9.48. The molecule has 1 fully saturated rings. The van der Waals surface area contributed by atoms with E-state index in [1.165, 1.54) is 10.5 Å². The molecule has 2 aromatic rings. The lowest BCUT2D eigenvalue weighted by Gasteiger charge is -2.31. The third kappa shape index (κ3) is 7.11. The van der Waals surface area contributed by atoms with Crippen LogP contribution in [0, 0.1) is 0 Å². The van der Waals surface area contributed by atoms with Gasteiger partial charge >= 0.3 is 6.09 Å². The molecule has 36 heavy (non-hydrogen) atoms. The van der Waals surface area contributed by atoms with Crippen LogP contribution in [0.2, 0.25) is 0 Å². The highest BCUT2D eigenvalue weighted by atomic mass is 16.6. The molecular formula is C27H36N4O5. The molecule has 1 aliphatic heterocycles. The highest BCUT2D eigenvalue weighted by molar-refractivity contribution is 6.02. The van der Waals surface area contributed by atoms with Crippen molar-refractivity contribution in [2.75, 3.05) is 38.1 Å². The van der Waals surface area contributed by atoms with Crippen LogP contribution in [0.4, 0.5) is 10.5 Å². The van der Waals surface area contributed by atoms with Crippen LogP contribution >= 0.6 is 0 Å². The number of nitrogens with zero attached hydrogens (tertiary/aromatic N) is 2. The smallest absolute Gasteiger partial charge is 0.407 e. The molecule has 2 aromatic carbocycles. The van der Waals surface area contributed by atoms with E-state index in [1.54, 1.807) is 6.07 Å². The molecule has 1 atom stereocenters. The summed E-state index contributed by atoms with van der Waals surface area (Å²) in [6.45, 7) is 2.39. The third-order valence-electron chi connectivity index (χ3n) is 6.80. The molecule has 9 nitrogen and oxygen atoms in total. The second kappa shape index (κ2) is 12.6. The number of nitrogens with one attached hydrogen (secondary N) is 2.